The smallest absolute Gasteiger partial charge is 0.303 e. The van der Waals surface area contributed by atoms with E-state index in [0.717, 1.165) is 11.3 Å². The molecule has 1 aromatic carbocycles. The Hall–Kier alpha value is -2.94. The van der Waals surface area contributed by atoms with Gasteiger partial charge in [-0.15, -0.1) is 0 Å². The van der Waals surface area contributed by atoms with Crippen molar-refractivity contribution < 1.29 is 24.0 Å². The van der Waals surface area contributed by atoms with Crippen LogP contribution in [-0.4, -0.2) is 58.8 Å². The highest BCUT2D eigenvalue weighted by atomic mass is 16.5. The number of rotatable bonds is 7. The van der Waals surface area contributed by atoms with E-state index in [9.17, 15) is 9.59 Å². The molecule has 2 heterocycles. The predicted molar refractivity (Wildman–Crippen MR) is 95.1 cm³/mol. The van der Waals surface area contributed by atoms with Gasteiger partial charge in [-0.1, -0.05) is 5.16 Å². The van der Waals surface area contributed by atoms with E-state index in [-0.39, 0.29) is 30.8 Å². The number of aliphatic carboxylic acids is 1. The Kier molecular flexibility index (Phi) is 5.70. The summed E-state index contributed by atoms with van der Waals surface area (Å²) in [5.41, 5.74) is 0.824. The molecule has 1 fully saturated rings. The summed E-state index contributed by atoms with van der Waals surface area (Å²) < 4.78 is 10.6. The maximum Gasteiger partial charge on any atom is 0.303 e. The second-order valence-corrected chi connectivity index (χ2v) is 6.53. The number of methoxy groups -OCH3 is 1. The van der Waals surface area contributed by atoms with Crippen molar-refractivity contribution in [3.63, 3.8) is 0 Å². The van der Waals surface area contributed by atoms with Crippen LogP contribution < -0.4 is 10.1 Å². The topological polar surface area (TPSA) is 118 Å². The summed E-state index contributed by atoms with van der Waals surface area (Å²) in [6, 6.07) is 7.19. The third-order valence-corrected chi connectivity index (χ3v) is 4.55. The summed E-state index contributed by atoms with van der Waals surface area (Å²) >= 11 is 0. The van der Waals surface area contributed by atoms with Gasteiger partial charge in [-0.05, 0) is 37.7 Å². The molecule has 144 valence electrons. The van der Waals surface area contributed by atoms with E-state index >= 15 is 0 Å². The second kappa shape index (κ2) is 8.17. The first-order valence-electron chi connectivity index (χ1n) is 8.65. The van der Waals surface area contributed by atoms with Crippen molar-refractivity contribution in [1.29, 1.82) is 0 Å². The van der Waals surface area contributed by atoms with Crippen molar-refractivity contribution in [3.8, 4) is 17.1 Å². The first-order valence-corrected chi connectivity index (χ1v) is 8.65. The number of likely N-dealkylation sites (tertiary alicyclic amines) is 1. The highest BCUT2D eigenvalue weighted by molar-refractivity contribution is 5.80. The number of hydrogen-bond acceptors (Lipinski definition) is 7. The molecule has 1 saturated heterocycles. The zero-order chi connectivity index (χ0) is 19.4. The molecule has 0 aliphatic carbocycles. The molecule has 2 aromatic rings. The molecule has 1 aliphatic rings. The van der Waals surface area contributed by atoms with Crippen LogP contribution in [0.3, 0.4) is 0 Å². The lowest BCUT2D eigenvalue weighted by atomic mass is 10.1. The number of hydrogen-bond donors (Lipinski definition) is 2. The lowest BCUT2D eigenvalue weighted by Gasteiger charge is -2.14. The zero-order valence-electron chi connectivity index (χ0n) is 15.2. The number of carbonyl (C=O) groups is 2. The van der Waals surface area contributed by atoms with E-state index in [1.54, 1.807) is 7.11 Å². The van der Waals surface area contributed by atoms with Gasteiger partial charge >= 0.3 is 5.97 Å². The molecule has 1 aliphatic heterocycles. The molecule has 1 amide bonds. The fourth-order valence-corrected chi connectivity index (χ4v) is 3.14. The lowest BCUT2D eigenvalue weighted by molar-refractivity contribution is -0.138. The fourth-order valence-electron chi connectivity index (χ4n) is 3.14. The number of ether oxygens (including phenoxy) is 1. The van der Waals surface area contributed by atoms with Crippen molar-refractivity contribution in [1.82, 2.24) is 20.4 Å². The third-order valence-electron chi connectivity index (χ3n) is 4.55. The molecule has 0 saturated carbocycles. The Balaban J connectivity index is 1.62. The van der Waals surface area contributed by atoms with Gasteiger partial charge < -0.3 is 19.7 Å². The molecule has 2 N–H and O–H groups in total. The van der Waals surface area contributed by atoms with Crippen LogP contribution in [0.4, 0.5) is 0 Å². The van der Waals surface area contributed by atoms with Gasteiger partial charge in [0.25, 0.3) is 0 Å². The van der Waals surface area contributed by atoms with Crippen molar-refractivity contribution >= 4 is 11.9 Å². The van der Waals surface area contributed by atoms with E-state index in [1.807, 2.05) is 36.2 Å². The molecule has 1 aromatic heterocycles. The van der Waals surface area contributed by atoms with Gasteiger partial charge in [-0.2, -0.15) is 4.98 Å². The van der Waals surface area contributed by atoms with Gasteiger partial charge in [-0.25, -0.2) is 0 Å². The molecule has 2 unspecified atom stereocenters. The van der Waals surface area contributed by atoms with E-state index in [1.165, 1.54) is 0 Å². The summed E-state index contributed by atoms with van der Waals surface area (Å²) in [5.74, 6) is 0.490. The summed E-state index contributed by atoms with van der Waals surface area (Å²) in [7, 11) is 3.53. The van der Waals surface area contributed by atoms with E-state index in [4.69, 9.17) is 14.4 Å². The first-order chi connectivity index (χ1) is 13.0. The highest BCUT2D eigenvalue weighted by Crippen LogP contribution is 2.31. The third kappa shape index (κ3) is 4.62. The van der Waals surface area contributed by atoms with Gasteiger partial charge in [0.1, 0.15) is 5.75 Å². The molecular formula is C18H22N4O5. The minimum Gasteiger partial charge on any atom is -0.497 e. The molecular weight excluding hydrogens is 352 g/mol. The number of amides is 1. The Bertz CT molecular complexity index is 804. The maximum absolute atomic E-state index is 11.8. The van der Waals surface area contributed by atoms with Gasteiger partial charge in [0.15, 0.2) is 0 Å². The van der Waals surface area contributed by atoms with Gasteiger partial charge in [0.05, 0.1) is 19.6 Å². The molecule has 2 atom stereocenters. The summed E-state index contributed by atoms with van der Waals surface area (Å²) in [6.45, 7) is 0.629. The molecule has 3 rings (SSSR count). The molecule has 9 nitrogen and oxygen atoms in total. The van der Waals surface area contributed by atoms with Crippen LogP contribution in [0.25, 0.3) is 11.4 Å². The van der Waals surface area contributed by atoms with E-state index in [0.29, 0.717) is 24.7 Å². The standard InChI is InChI=1S/C18H22N4O5/c1-22-10-12(19-15(23)7-8-16(24)25)9-14(22)18-20-17(21-27-18)11-3-5-13(26-2)6-4-11/h3-6,12,14H,7-10H2,1-2H3,(H,19,23)(H,24,25). The average Bonchev–Trinajstić information content (AvgIpc) is 3.26. The summed E-state index contributed by atoms with van der Waals surface area (Å²) in [6.07, 6.45) is 0.425. The molecule has 0 bridgehead atoms. The first kappa shape index (κ1) is 18.8. The number of carboxylic acids is 1. The second-order valence-electron chi connectivity index (χ2n) is 6.53. The Morgan fingerprint density at radius 3 is 2.74 bits per heavy atom. The minimum atomic E-state index is -0.983. The number of nitrogens with zero attached hydrogens (tertiary/aromatic N) is 3. The van der Waals surface area contributed by atoms with Gasteiger partial charge in [0, 0.05) is 24.6 Å². The number of nitrogens with one attached hydrogen (secondary N) is 1. The molecule has 0 radical (unpaired) electrons. The number of carbonyl (C=O) groups excluding carboxylic acids is 1. The monoisotopic (exact) mass is 374 g/mol. The highest BCUT2D eigenvalue weighted by Gasteiger charge is 2.35. The van der Waals surface area contributed by atoms with Crippen LogP contribution in [0.1, 0.15) is 31.2 Å². The summed E-state index contributed by atoms with van der Waals surface area (Å²) in [5, 5.41) is 15.6. The zero-order valence-corrected chi connectivity index (χ0v) is 15.2. The molecule has 0 spiro atoms. The number of aromatic nitrogens is 2. The van der Waals surface area contributed by atoms with Crippen molar-refractivity contribution in [3.05, 3.63) is 30.2 Å². The van der Waals surface area contributed by atoms with Crippen LogP contribution in [0.15, 0.2) is 28.8 Å². The van der Waals surface area contributed by atoms with E-state index < -0.39 is 5.97 Å². The van der Waals surface area contributed by atoms with Gasteiger partial charge in [-0.3, -0.25) is 14.5 Å². The quantitative estimate of drug-likeness (QED) is 0.748. The maximum atomic E-state index is 11.8. The van der Waals surface area contributed by atoms with Crippen LogP contribution in [0.2, 0.25) is 0 Å². The van der Waals surface area contributed by atoms with Crippen LogP contribution in [-0.2, 0) is 9.59 Å². The van der Waals surface area contributed by atoms with Crippen molar-refractivity contribution in [2.24, 2.45) is 0 Å². The van der Waals surface area contributed by atoms with Crippen molar-refractivity contribution in [2.75, 3.05) is 20.7 Å². The number of benzene rings is 1. The van der Waals surface area contributed by atoms with Crippen LogP contribution in [0.5, 0.6) is 5.75 Å². The predicted octanol–water partition coefficient (Wildman–Crippen LogP) is 1.47. The van der Waals surface area contributed by atoms with Crippen molar-refractivity contribution in [2.45, 2.75) is 31.3 Å². The number of likely N-dealkylation sites (N-methyl/N-ethyl adjacent to an activating group) is 1. The van der Waals surface area contributed by atoms with Crippen LogP contribution in [0, 0.1) is 0 Å². The summed E-state index contributed by atoms with van der Waals surface area (Å²) in [4.78, 5) is 28.9. The Labute approximate surface area is 156 Å². The normalized spacial score (nSPS) is 19.8. The fraction of sp³-hybridized carbons (Fsp3) is 0.444. The number of carboxylic acid groups (broad SMARTS) is 1. The SMILES string of the molecule is COc1ccc(-c2noc(C3CC(NC(=O)CCC(=O)O)CN3C)n2)cc1. The van der Waals surface area contributed by atoms with Crippen LogP contribution >= 0.6 is 0 Å². The molecule has 27 heavy (non-hydrogen) atoms. The Morgan fingerprint density at radius 1 is 1.33 bits per heavy atom. The average molecular weight is 374 g/mol. The molecule has 9 heteroatoms. The lowest BCUT2D eigenvalue weighted by Crippen LogP contribution is -2.36. The Morgan fingerprint density at radius 2 is 2.07 bits per heavy atom. The van der Waals surface area contributed by atoms with Gasteiger partial charge in [0.2, 0.25) is 17.6 Å². The largest absolute Gasteiger partial charge is 0.497 e. The van der Waals surface area contributed by atoms with E-state index in [2.05, 4.69) is 15.5 Å². The minimum absolute atomic E-state index is 0.0254.